The molecule has 0 bridgehead atoms. The zero-order chi connectivity index (χ0) is 20.1. The van der Waals surface area contributed by atoms with E-state index in [1.165, 1.54) is 12.1 Å². The quantitative estimate of drug-likeness (QED) is 0.423. The van der Waals surface area contributed by atoms with Crippen LogP contribution in [0.25, 0.3) is 11.1 Å². The molecule has 4 rings (SSSR count). The van der Waals surface area contributed by atoms with Crippen LogP contribution in [0.15, 0.2) is 97.6 Å². The van der Waals surface area contributed by atoms with Gasteiger partial charge in [-0.15, -0.1) is 0 Å². The Morgan fingerprint density at radius 2 is 1.62 bits per heavy atom. The highest BCUT2D eigenvalue weighted by Crippen LogP contribution is 2.24. The lowest BCUT2D eigenvalue weighted by Crippen LogP contribution is -2.16. The first kappa shape index (κ1) is 18.6. The second kappa shape index (κ2) is 8.52. The van der Waals surface area contributed by atoms with Gasteiger partial charge >= 0.3 is 5.97 Å². The van der Waals surface area contributed by atoms with Gasteiger partial charge in [-0.3, -0.25) is 0 Å². The second-order valence-corrected chi connectivity index (χ2v) is 6.65. The number of benzene rings is 3. The molecule has 1 aromatic heterocycles. The molecule has 0 unspecified atom stereocenters. The van der Waals surface area contributed by atoms with Crippen LogP contribution in [0, 0.1) is 5.82 Å². The van der Waals surface area contributed by atoms with Crippen molar-refractivity contribution in [1.82, 2.24) is 9.55 Å². The van der Waals surface area contributed by atoms with E-state index in [0.717, 1.165) is 11.1 Å². The fourth-order valence-electron chi connectivity index (χ4n) is 3.10. The summed E-state index contributed by atoms with van der Waals surface area (Å²) in [6, 6.07) is 23.2. The van der Waals surface area contributed by atoms with Crippen molar-refractivity contribution in [2.24, 2.45) is 0 Å². The molecule has 0 amide bonds. The van der Waals surface area contributed by atoms with Crippen LogP contribution in [0.5, 0.6) is 0 Å². The third-order valence-electron chi connectivity index (χ3n) is 4.65. The lowest BCUT2D eigenvalue weighted by Gasteiger charge is -2.19. The zero-order valence-corrected chi connectivity index (χ0v) is 15.6. The van der Waals surface area contributed by atoms with E-state index in [0.29, 0.717) is 17.7 Å². The van der Waals surface area contributed by atoms with Gasteiger partial charge in [0.1, 0.15) is 11.9 Å². The fraction of sp³-hybridized carbons (Fsp3) is 0.0833. The normalized spacial score (nSPS) is 11.8. The number of esters is 1. The molecule has 1 heterocycles. The molecule has 1 atom stereocenters. The maximum Gasteiger partial charge on any atom is 0.338 e. The molecule has 3 aromatic carbocycles. The Hall–Kier alpha value is -3.73. The number of aromatic nitrogens is 2. The molecule has 0 aliphatic carbocycles. The maximum atomic E-state index is 13.3. The van der Waals surface area contributed by atoms with Gasteiger partial charge in [0.05, 0.1) is 18.4 Å². The number of hydrogen-bond donors (Lipinski definition) is 0. The average Bonchev–Trinajstić information content (AvgIpc) is 3.28. The van der Waals surface area contributed by atoms with Gasteiger partial charge in [0.2, 0.25) is 0 Å². The minimum absolute atomic E-state index is 0.335. The van der Waals surface area contributed by atoms with Gasteiger partial charge in [-0.05, 0) is 41.0 Å². The van der Waals surface area contributed by atoms with Gasteiger partial charge in [-0.25, -0.2) is 14.2 Å². The van der Waals surface area contributed by atoms with Crippen molar-refractivity contribution >= 4 is 5.97 Å². The Morgan fingerprint density at radius 1 is 0.931 bits per heavy atom. The van der Waals surface area contributed by atoms with E-state index in [4.69, 9.17) is 4.74 Å². The molecule has 0 saturated heterocycles. The largest absolute Gasteiger partial charge is 0.452 e. The van der Waals surface area contributed by atoms with Crippen LogP contribution in [-0.4, -0.2) is 15.5 Å². The summed E-state index contributed by atoms with van der Waals surface area (Å²) >= 11 is 0. The summed E-state index contributed by atoms with van der Waals surface area (Å²) in [5.74, 6) is -0.767. The number of rotatable bonds is 6. The van der Waals surface area contributed by atoms with Crippen molar-refractivity contribution in [2.75, 3.05) is 0 Å². The number of imidazole rings is 1. The molecule has 0 saturated carbocycles. The smallest absolute Gasteiger partial charge is 0.338 e. The number of nitrogens with zero attached hydrogens (tertiary/aromatic N) is 2. The summed E-state index contributed by atoms with van der Waals surface area (Å²) in [5.41, 5.74) is 3.28. The number of carbonyl (C=O) groups excluding carboxylic acids is 1. The number of carbonyl (C=O) groups is 1. The molecule has 5 heteroatoms. The Labute approximate surface area is 168 Å². The first-order chi connectivity index (χ1) is 14.2. The lowest BCUT2D eigenvalue weighted by atomic mass is 10.0. The van der Waals surface area contributed by atoms with Gasteiger partial charge in [-0.2, -0.15) is 0 Å². The Bertz CT molecular complexity index is 1060. The van der Waals surface area contributed by atoms with Gasteiger partial charge in [0, 0.05) is 12.4 Å². The van der Waals surface area contributed by atoms with E-state index in [-0.39, 0.29) is 5.82 Å². The Kier molecular flexibility index (Phi) is 5.47. The highest BCUT2D eigenvalue weighted by Gasteiger charge is 2.19. The Morgan fingerprint density at radius 3 is 2.28 bits per heavy atom. The van der Waals surface area contributed by atoms with E-state index in [2.05, 4.69) is 4.98 Å². The van der Waals surface area contributed by atoms with Crippen molar-refractivity contribution in [3.63, 3.8) is 0 Å². The minimum Gasteiger partial charge on any atom is -0.452 e. The monoisotopic (exact) mass is 386 g/mol. The highest BCUT2D eigenvalue weighted by molar-refractivity contribution is 5.90. The molecule has 0 aliphatic heterocycles. The van der Waals surface area contributed by atoms with E-state index < -0.39 is 12.1 Å². The molecule has 144 valence electrons. The summed E-state index contributed by atoms with van der Waals surface area (Å²) < 4.78 is 20.9. The molecule has 0 radical (unpaired) electrons. The van der Waals surface area contributed by atoms with E-state index in [1.54, 1.807) is 43.0 Å². The minimum atomic E-state index is -0.564. The topological polar surface area (TPSA) is 44.1 Å². The van der Waals surface area contributed by atoms with Gasteiger partial charge in [0.15, 0.2) is 0 Å². The second-order valence-electron chi connectivity index (χ2n) is 6.65. The first-order valence-corrected chi connectivity index (χ1v) is 9.27. The van der Waals surface area contributed by atoms with Gasteiger partial charge in [-0.1, -0.05) is 54.6 Å². The van der Waals surface area contributed by atoms with Crippen LogP contribution in [0.1, 0.15) is 22.0 Å². The maximum absolute atomic E-state index is 13.3. The summed E-state index contributed by atoms with van der Waals surface area (Å²) in [7, 11) is 0. The number of hydrogen-bond acceptors (Lipinski definition) is 3. The average molecular weight is 386 g/mol. The van der Waals surface area contributed by atoms with E-state index in [1.807, 2.05) is 47.0 Å². The molecule has 4 nitrogen and oxygen atoms in total. The van der Waals surface area contributed by atoms with Crippen molar-refractivity contribution in [1.29, 1.82) is 0 Å². The predicted molar refractivity (Wildman–Crippen MR) is 109 cm³/mol. The van der Waals surface area contributed by atoms with Crippen LogP contribution in [0.3, 0.4) is 0 Å². The van der Waals surface area contributed by atoms with E-state index in [9.17, 15) is 9.18 Å². The first-order valence-electron chi connectivity index (χ1n) is 9.27. The van der Waals surface area contributed by atoms with Gasteiger partial charge in [0.25, 0.3) is 0 Å². The fourth-order valence-corrected chi connectivity index (χ4v) is 3.10. The van der Waals surface area contributed by atoms with Crippen LogP contribution < -0.4 is 0 Å². The molecule has 29 heavy (non-hydrogen) atoms. The molecule has 0 aliphatic rings. The zero-order valence-electron chi connectivity index (χ0n) is 15.6. The van der Waals surface area contributed by atoms with Crippen LogP contribution in [0.2, 0.25) is 0 Å². The van der Waals surface area contributed by atoms with Crippen molar-refractivity contribution in [3.8, 4) is 11.1 Å². The molecule has 0 fully saturated rings. The molecule has 4 aromatic rings. The van der Waals surface area contributed by atoms with Crippen molar-refractivity contribution in [2.45, 2.75) is 12.6 Å². The molecular weight excluding hydrogens is 367 g/mol. The lowest BCUT2D eigenvalue weighted by molar-refractivity contribution is 0.0255. The molecular formula is C24H19FN2O2. The highest BCUT2D eigenvalue weighted by atomic mass is 19.1. The van der Waals surface area contributed by atoms with Crippen LogP contribution in [0.4, 0.5) is 4.39 Å². The number of ether oxygens (including phenoxy) is 1. The van der Waals surface area contributed by atoms with Crippen molar-refractivity contribution in [3.05, 3.63) is 115 Å². The van der Waals surface area contributed by atoms with Crippen molar-refractivity contribution < 1.29 is 13.9 Å². The summed E-state index contributed by atoms with van der Waals surface area (Å²) in [6.07, 6.45) is 4.54. The summed E-state index contributed by atoms with van der Waals surface area (Å²) in [6.45, 7) is 0.388. The predicted octanol–water partition coefficient (Wildman–Crippen LogP) is 5.29. The third kappa shape index (κ3) is 4.58. The summed E-state index contributed by atoms with van der Waals surface area (Å²) in [5, 5.41) is 0. The summed E-state index contributed by atoms with van der Waals surface area (Å²) in [4.78, 5) is 16.8. The SMILES string of the molecule is O=C(O[C@@H](Cn1ccnc1)c1ccc(F)cc1)c1ccc(-c2ccccc2)cc1. The van der Waals surface area contributed by atoms with Gasteiger partial charge < -0.3 is 9.30 Å². The number of halogens is 1. The molecule has 0 N–H and O–H groups in total. The standard InChI is InChI=1S/C24H19FN2O2/c25-22-12-10-20(11-13-22)23(16-27-15-14-26-17-27)29-24(28)21-8-6-19(7-9-21)18-4-2-1-3-5-18/h1-15,17,23H,16H2/t23-/m0/s1. The third-order valence-corrected chi connectivity index (χ3v) is 4.65. The van der Waals surface area contributed by atoms with Crippen LogP contribution >= 0.6 is 0 Å². The van der Waals surface area contributed by atoms with E-state index >= 15 is 0 Å². The van der Waals surface area contributed by atoms with Crippen LogP contribution in [-0.2, 0) is 11.3 Å². The Balaban J connectivity index is 1.53. The molecule has 0 spiro atoms.